The Kier molecular flexibility index (Phi) is 2.23. The molecule has 1 aromatic rings. The van der Waals surface area contributed by atoms with Crippen molar-refractivity contribution in [2.24, 2.45) is 5.92 Å². The summed E-state index contributed by atoms with van der Waals surface area (Å²) in [6.45, 7) is 2.46. The van der Waals surface area contributed by atoms with Crippen LogP contribution in [0.15, 0.2) is 12.1 Å². The van der Waals surface area contributed by atoms with Crippen LogP contribution >= 0.6 is 0 Å². The number of phenols is 2. The average molecular weight is 194 g/mol. The molecule has 1 aliphatic rings. The highest BCUT2D eigenvalue weighted by atomic mass is 16.5. The summed E-state index contributed by atoms with van der Waals surface area (Å²) in [4.78, 5) is 0. The van der Waals surface area contributed by atoms with E-state index in [2.05, 4.69) is 0 Å². The summed E-state index contributed by atoms with van der Waals surface area (Å²) in [6.07, 6.45) is 2.45. The number of aromatic hydroxyl groups is 2. The fraction of sp³-hybridized carbons (Fsp3) is 0.455. The zero-order chi connectivity index (χ0) is 10.1. The smallest absolute Gasteiger partial charge is 0.129 e. The van der Waals surface area contributed by atoms with Gasteiger partial charge in [0.1, 0.15) is 17.2 Å². The molecule has 0 aliphatic heterocycles. The van der Waals surface area contributed by atoms with E-state index in [1.165, 1.54) is 25.0 Å². The highest BCUT2D eigenvalue weighted by Crippen LogP contribution is 2.34. The van der Waals surface area contributed by atoms with Crippen molar-refractivity contribution in [3.05, 3.63) is 17.7 Å². The van der Waals surface area contributed by atoms with Gasteiger partial charge < -0.3 is 14.9 Å². The minimum absolute atomic E-state index is 0.0406. The Balaban J connectivity index is 2.13. The molecule has 0 radical (unpaired) electrons. The highest BCUT2D eigenvalue weighted by molar-refractivity contribution is 5.48. The molecule has 1 aromatic carbocycles. The molecule has 0 spiro atoms. The van der Waals surface area contributed by atoms with Gasteiger partial charge in [0.15, 0.2) is 0 Å². The minimum atomic E-state index is 0.0406. The van der Waals surface area contributed by atoms with E-state index in [0.29, 0.717) is 23.8 Å². The summed E-state index contributed by atoms with van der Waals surface area (Å²) in [5.74, 6) is 1.36. The number of rotatable bonds is 3. The molecule has 2 N–H and O–H groups in total. The second kappa shape index (κ2) is 3.40. The molecule has 1 aliphatic carbocycles. The van der Waals surface area contributed by atoms with Crippen LogP contribution in [0, 0.1) is 12.8 Å². The molecular formula is C11H14O3. The van der Waals surface area contributed by atoms with E-state index in [-0.39, 0.29) is 11.5 Å². The van der Waals surface area contributed by atoms with Gasteiger partial charge in [0.05, 0.1) is 6.61 Å². The molecule has 14 heavy (non-hydrogen) atoms. The van der Waals surface area contributed by atoms with Crippen LogP contribution in [0.5, 0.6) is 17.2 Å². The number of phenolic OH excluding ortho intramolecular Hbond substituents is 2. The molecule has 1 saturated carbocycles. The molecule has 2 rings (SSSR count). The first-order chi connectivity index (χ1) is 6.66. The van der Waals surface area contributed by atoms with Gasteiger partial charge in [-0.2, -0.15) is 0 Å². The quantitative estimate of drug-likeness (QED) is 0.775. The first-order valence-electron chi connectivity index (χ1n) is 4.82. The Morgan fingerprint density at radius 3 is 2.71 bits per heavy atom. The Labute approximate surface area is 83.0 Å². The lowest BCUT2D eigenvalue weighted by Gasteiger charge is -2.10. The van der Waals surface area contributed by atoms with Gasteiger partial charge in [-0.1, -0.05) is 0 Å². The molecule has 0 atom stereocenters. The fourth-order valence-corrected chi connectivity index (χ4v) is 1.30. The third-order valence-electron chi connectivity index (χ3n) is 2.49. The molecule has 76 valence electrons. The Morgan fingerprint density at radius 1 is 1.36 bits per heavy atom. The molecule has 0 heterocycles. The third-order valence-corrected chi connectivity index (χ3v) is 2.49. The summed E-state index contributed by atoms with van der Waals surface area (Å²) in [6, 6.07) is 2.86. The van der Waals surface area contributed by atoms with Crippen LogP contribution in [0.4, 0.5) is 0 Å². The number of benzene rings is 1. The molecular weight excluding hydrogens is 180 g/mol. The zero-order valence-corrected chi connectivity index (χ0v) is 8.16. The van der Waals surface area contributed by atoms with Crippen molar-refractivity contribution >= 4 is 0 Å². The predicted molar refractivity (Wildman–Crippen MR) is 52.7 cm³/mol. The van der Waals surface area contributed by atoms with E-state index in [4.69, 9.17) is 4.74 Å². The van der Waals surface area contributed by atoms with E-state index >= 15 is 0 Å². The van der Waals surface area contributed by atoms with Crippen molar-refractivity contribution < 1.29 is 14.9 Å². The van der Waals surface area contributed by atoms with E-state index in [1.54, 1.807) is 6.92 Å². The van der Waals surface area contributed by atoms with Crippen LogP contribution in [0.25, 0.3) is 0 Å². The first kappa shape index (κ1) is 9.19. The average Bonchev–Trinajstić information content (AvgIpc) is 2.92. The third kappa shape index (κ3) is 1.92. The van der Waals surface area contributed by atoms with Crippen molar-refractivity contribution in [3.63, 3.8) is 0 Å². The summed E-state index contributed by atoms with van der Waals surface area (Å²) < 4.78 is 5.50. The summed E-state index contributed by atoms with van der Waals surface area (Å²) in [7, 11) is 0. The molecule has 0 bridgehead atoms. The molecule has 0 unspecified atom stereocenters. The minimum Gasteiger partial charge on any atom is -0.508 e. The zero-order valence-electron chi connectivity index (χ0n) is 8.16. The summed E-state index contributed by atoms with van der Waals surface area (Å²) in [5, 5.41) is 18.7. The number of hydrogen-bond donors (Lipinski definition) is 2. The van der Waals surface area contributed by atoms with Crippen molar-refractivity contribution in [2.45, 2.75) is 19.8 Å². The number of hydrogen-bond acceptors (Lipinski definition) is 3. The van der Waals surface area contributed by atoms with Crippen molar-refractivity contribution in [1.82, 2.24) is 0 Å². The molecule has 3 heteroatoms. The largest absolute Gasteiger partial charge is 0.508 e. The van der Waals surface area contributed by atoms with Crippen molar-refractivity contribution in [1.29, 1.82) is 0 Å². The second-order valence-corrected chi connectivity index (χ2v) is 3.84. The van der Waals surface area contributed by atoms with Gasteiger partial charge in [0.25, 0.3) is 0 Å². The van der Waals surface area contributed by atoms with E-state index in [9.17, 15) is 10.2 Å². The Hall–Kier alpha value is -1.38. The highest BCUT2D eigenvalue weighted by Gasteiger charge is 2.22. The topological polar surface area (TPSA) is 49.7 Å². The lowest BCUT2D eigenvalue weighted by molar-refractivity contribution is 0.294. The van der Waals surface area contributed by atoms with Gasteiger partial charge in [0.2, 0.25) is 0 Å². The van der Waals surface area contributed by atoms with Crippen LogP contribution in [0.1, 0.15) is 18.4 Å². The monoisotopic (exact) mass is 194 g/mol. The van der Waals surface area contributed by atoms with Crippen LogP contribution in [-0.4, -0.2) is 16.8 Å². The Morgan fingerprint density at radius 2 is 2.07 bits per heavy atom. The van der Waals surface area contributed by atoms with Gasteiger partial charge in [-0.3, -0.25) is 0 Å². The normalized spacial score (nSPS) is 15.5. The van der Waals surface area contributed by atoms with Gasteiger partial charge >= 0.3 is 0 Å². The maximum absolute atomic E-state index is 9.42. The van der Waals surface area contributed by atoms with E-state index in [0.717, 1.165) is 0 Å². The maximum Gasteiger partial charge on any atom is 0.129 e. The molecule has 0 aromatic heterocycles. The van der Waals surface area contributed by atoms with Gasteiger partial charge in [-0.25, -0.2) is 0 Å². The fourth-order valence-electron chi connectivity index (χ4n) is 1.30. The standard InChI is InChI=1S/C11H14O3/c1-7-10(13)4-9(12)5-11(7)14-6-8-2-3-8/h4-5,8,12-13H,2-3,6H2,1H3. The predicted octanol–water partition coefficient (Wildman–Crippen LogP) is 2.20. The lowest BCUT2D eigenvalue weighted by atomic mass is 10.2. The van der Waals surface area contributed by atoms with Gasteiger partial charge in [0, 0.05) is 17.7 Å². The molecule has 3 nitrogen and oxygen atoms in total. The second-order valence-electron chi connectivity index (χ2n) is 3.84. The SMILES string of the molecule is Cc1c(O)cc(O)cc1OCC1CC1. The van der Waals surface area contributed by atoms with Crippen LogP contribution in [0.3, 0.4) is 0 Å². The summed E-state index contributed by atoms with van der Waals surface area (Å²) >= 11 is 0. The van der Waals surface area contributed by atoms with Crippen molar-refractivity contribution in [2.75, 3.05) is 6.61 Å². The maximum atomic E-state index is 9.42. The van der Waals surface area contributed by atoms with E-state index in [1.807, 2.05) is 0 Å². The van der Waals surface area contributed by atoms with Gasteiger partial charge in [-0.05, 0) is 25.7 Å². The van der Waals surface area contributed by atoms with Crippen LogP contribution in [-0.2, 0) is 0 Å². The van der Waals surface area contributed by atoms with Crippen LogP contribution in [0.2, 0.25) is 0 Å². The number of ether oxygens (including phenoxy) is 1. The molecule has 0 amide bonds. The summed E-state index contributed by atoms with van der Waals surface area (Å²) in [5.41, 5.74) is 0.684. The molecule has 1 fully saturated rings. The molecule has 0 saturated heterocycles. The lowest BCUT2D eigenvalue weighted by Crippen LogP contribution is -2.00. The first-order valence-corrected chi connectivity index (χ1v) is 4.82. The van der Waals surface area contributed by atoms with E-state index < -0.39 is 0 Å². The van der Waals surface area contributed by atoms with Crippen LogP contribution < -0.4 is 4.74 Å². The van der Waals surface area contributed by atoms with Gasteiger partial charge in [-0.15, -0.1) is 0 Å². The van der Waals surface area contributed by atoms with Crippen molar-refractivity contribution in [3.8, 4) is 17.2 Å². The Bertz CT molecular complexity index is 343.